The third-order valence-electron chi connectivity index (χ3n) is 3.04. The normalized spacial score (nSPS) is 21.5. The number of ether oxygens (including phenoxy) is 3. The van der Waals surface area contributed by atoms with Gasteiger partial charge in [0.05, 0.1) is 5.25 Å². The van der Waals surface area contributed by atoms with E-state index >= 15 is 0 Å². The van der Waals surface area contributed by atoms with E-state index < -0.39 is 6.23 Å². The van der Waals surface area contributed by atoms with Crippen molar-refractivity contribution in [2.75, 3.05) is 46.2 Å². The first-order valence-corrected chi connectivity index (χ1v) is 8.48. The molecule has 9 heteroatoms. The fourth-order valence-electron chi connectivity index (χ4n) is 1.87. The Morgan fingerprint density at radius 3 is 2.23 bits per heavy atom. The summed E-state index contributed by atoms with van der Waals surface area (Å²) in [5.41, 5.74) is 0. The van der Waals surface area contributed by atoms with Crippen LogP contribution in [-0.4, -0.2) is 94.3 Å². The molecule has 1 aliphatic rings. The molecule has 0 saturated carbocycles. The molecule has 1 radical (unpaired) electrons. The molecule has 1 fully saturated rings. The summed E-state index contributed by atoms with van der Waals surface area (Å²) in [6.45, 7) is 2.80. The second-order valence-corrected chi connectivity index (χ2v) is 6.35. The van der Waals surface area contributed by atoms with Crippen molar-refractivity contribution in [3.63, 3.8) is 0 Å². The molecule has 1 heterocycles. The first-order valence-electron chi connectivity index (χ1n) is 7.11. The Balaban J connectivity index is 1.88. The molecule has 0 aromatic heterocycles. The molecule has 127 valence electrons. The van der Waals surface area contributed by atoms with Crippen molar-refractivity contribution in [3.8, 4) is 0 Å². The van der Waals surface area contributed by atoms with E-state index in [-0.39, 0.29) is 22.3 Å². The Morgan fingerprint density at radius 1 is 1.18 bits per heavy atom. The van der Waals surface area contributed by atoms with Gasteiger partial charge in [0, 0.05) is 6.42 Å². The number of thiol groups is 1. The molecule has 2 unspecified atom stereocenters. The summed E-state index contributed by atoms with van der Waals surface area (Å²) in [6.07, 6.45) is -0.202. The second-order valence-electron chi connectivity index (χ2n) is 4.73. The van der Waals surface area contributed by atoms with E-state index in [0.717, 1.165) is 0 Å². The first-order chi connectivity index (χ1) is 10.5. The molecule has 1 aliphatic heterocycles. The number of likely N-dealkylation sites (tertiary alicyclic amines) is 1. The minimum Gasteiger partial charge on any atom is -0.372 e. The van der Waals surface area contributed by atoms with Gasteiger partial charge in [0.25, 0.3) is 0 Å². The number of aliphatic hydroxyl groups is 1. The molecular formula is C13H22NO6SSe. The minimum atomic E-state index is -0.833. The fourth-order valence-corrected chi connectivity index (χ4v) is 2.37. The van der Waals surface area contributed by atoms with E-state index in [2.05, 4.69) is 28.6 Å². The van der Waals surface area contributed by atoms with Gasteiger partial charge in [-0.3, -0.25) is 4.79 Å². The Hall–Kier alpha value is -0.151. The van der Waals surface area contributed by atoms with Gasteiger partial charge in [-0.25, -0.2) is 0 Å². The zero-order chi connectivity index (χ0) is 16.4. The summed E-state index contributed by atoms with van der Waals surface area (Å²) >= 11 is 6.53. The second kappa shape index (κ2) is 11.4. The van der Waals surface area contributed by atoms with Crippen LogP contribution in [0.2, 0.25) is 0 Å². The number of carbonyl (C=O) groups excluding carboxylic acids is 2. The number of aliphatic hydroxyl groups excluding tert-OH is 1. The van der Waals surface area contributed by atoms with Crippen LogP contribution in [0.1, 0.15) is 12.8 Å². The quantitative estimate of drug-likeness (QED) is 0.248. The molecular weight excluding hydrogens is 377 g/mol. The van der Waals surface area contributed by atoms with Gasteiger partial charge in [0.1, 0.15) is 6.23 Å². The predicted octanol–water partition coefficient (Wildman–Crippen LogP) is -1.03. The van der Waals surface area contributed by atoms with E-state index in [1.165, 1.54) is 4.90 Å². The Labute approximate surface area is 143 Å². The van der Waals surface area contributed by atoms with Crippen molar-refractivity contribution in [2.45, 2.75) is 24.3 Å². The van der Waals surface area contributed by atoms with Crippen molar-refractivity contribution in [1.82, 2.24) is 4.90 Å². The monoisotopic (exact) mass is 400 g/mol. The van der Waals surface area contributed by atoms with E-state index in [9.17, 15) is 14.7 Å². The summed E-state index contributed by atoms with van der Waals surface area (Å²) in [7, 11) is 0. The molecule has 7 nitrogen and oxygen atoms in total. The molecule has 1 amide bonds. The van der Waals surface area contributed by atoms with E-state index in [1.54, 1.807) is 0 Å². The van der Waals surface area contributed by atoms with Gasteiger partial charge < -0.3 is 10.0 Å². The van der Waals surface area contributed by atoms with Crippen molar-refractivity contribution in [2.24, 2.45) is 0 Å². The van der Waals surface area contributed by atoms with E-state index in [4.69, 9.17) is 14.2 Å². The van der Waals surface area contributed by atoms with Gasteiger partial charge in [-0.15, -0.1) is 0 Å². The van der Waals surface area contributed by atoms with Crippen LogP contribution in [0.25, 0.3) is 0 Å². The number of hydrogen-bond donors (Lipinski definition) is 2. The van der Waals surface area contributed by atoms with Gasteiger partial charge in [-0.1, -0.05) is 0 Å². The SMILES string of the molecule is O=C([Se])CCOCCOCCOCCN1C(=O)CC(S)C1O. The smallest absolute Gasteiger partial charge is 0.372 e. The van der Waals surface area contributed by atoms with Crippen LogP contribution in [-0.2, 0) is 23.8 Å². The predicted molar refractivity (Wildman–Crippen MR) is 82.9 cm³/mol. The molecule has 1 N–H and O–H groups in total. The minimum absolute atomic E-state index is 0.0137. The third kappa shape index (κ3) is 7.92. The number of hydrogen-bond acceptors (Lipinski definition) is 7. The van der Waals surface area contributed by atoms with Crippen molar-refractivity contribution >= 4 is 39.2 Å². The Morgan fingerprint density at radius 2 is 1.73 bits per heavy atom. The average molecular weight is 399 g/mol. The zero-order valence-corrected chi connectivity index (χ0v) is 14.9. The number of amides is 1. The van der Waals surface area contributed by atoms with Gasteiger partial charge in [0.2, 0.25) is 5.91 Å². The van der Waals surface area contributed by atoms with E-state index in [0.29, 0.717) is 52.6 Å². The van der Waals surface area contributed by atoms with Gasteiger partial charge in [-0.05, 0) is 0 Å². The van der Waals surface area contributed by atoms with Gasteiger partial charge in [-0.2, -0.15) is 12.6 Å². The maximum absolute atomic E-state index is 11.5. The first kappa shape index (κ1) is 19.9. The molecule has 1 rings (SSSR count). The topological polar surface area (TPSA) is 85.3 Å². The molecule has 0 aromatic carbocycles. The molecule has 0 bridgehead atoms. The van der Waals surface area contributed by atoms with Crippen LogP contribution in [0.3, 0.4) is 0 Å². The number of rotatable bonds is 12. The van der Waals surface area contributed by atoms with Crippen molar-refractivity contribution < 1.29 is 28.9 Å². The number of nitrogens with zero attached hydrogens (tertiary/aromatic N) is 1. The van der Waals surface area contributed by atoms with Crippen LogP contribution in [0.5, 0.6) is 0 Å². The van der Waals surface area contributed by atoms with Crippen LogP contribution in [0.4, 0.5) is 0 Å². The summed E-state index contributed by atoms with van der Waals surface area (Å²) < 4.78 is 15.8. The third-order valence-corrected chi connectivity index (χ3v) is 3.92. The van der Waals surface area contributed by atoms with Gasteiger partial charge >= 0.3 is 92.3 Å². The van der Waals surface area contributed by atoms with Crippen LogP contribution >= 0.6 is 12.6 Å². The van der Waals surface area contributed by atoms with Crippen LogP contribution in [0, 0.1) is 0 Å². The van der Waals surface area contributed by atoms with Crippen LogP contribution < -0.4 is 0 Å². The summed E-state index contributed by atoms with van der Waals surface area (Å²) in [4.78, 5) is 23.5. The maximum atomic E-state index is 11.5. The molecule has 2 atom stereocenters. The Kier molecular flexibility index (Phi) is 10.3. The average Bonchev–Trinajstić information content (AvgIpc) is 2.70. The van der Waals surface area contributed by atoms with Gasteiger partial charge in [0.15, 0.2) is 0 Å². The van der Waals surface area contributed by atoms with Crippen LogP contribution in [0.15, 0.2) is 0 Å². The zero-order valence-electron chi connectivity index (χ0n) is 12.3. The molecule has 0 aliphatic carbocycles. The van der Waals surface area contributed by atoms with E-state index in [1.807, 2.05) is 0 Å². The van der Waals surface area contributed by atoms with Crippen molar-refractivity contribution in [1.29, 1.82) is 0 Å². The molecule has 22 heavy (non-hydrogen) atoms. The summed E-state index contributed by atoms with van der Waals surface area (Å²) in [6, 6.07) is 0. The molecule has 0 spiro atoms. The molecule has 0 aromatic rings. The number of carbonyl (C=O) groups is 2. The van der Waals surface area contributed by atoms with Crippen molar-refractivity contribution in [3.05, 3.63) is 0 Å². The summed E-state index contributed by atoms with van der Waals surface area (Å²) in [5.74, 6) is -0.104. The standard InChI is InChI=1S/C13H22NO6SSe/c15-11-9-10(21)13(17)14(11)2-4-19-6-8-20-7-5-18-3-1-12(16)22/h10,13,17,21H,1-9H2. The fraction of sp³-hybridized carbons (Fsp3) is 0.846. The molecule has 1 saturated heterocycles. The Bertz CT molecular complexity index is 359. The summed E-state index contributed by atoms with van der Waals surface area (Å²) in [5, 5.41) is 9.39.